The molecule has 4 heteroatoms. The van der Waals surface area contributed by atoms with E-state index in [1.807, 2.05) is 0 Å². The van der Waals surface area contributed by atoms with Crippen LogP contribution in [-0.2, 0) is 15.9 Å². The molecular formula is C29H44O4. The summed E-state index contributed by atoms with van der Waals surface area (Å²) in [6.45, 7) is 8.81. The fourth-order valence-corrected chi connectivity index (χ4v) is 3.90. The Morgan fingerprint density at radius 2 is 1.15 bits per heavy atom. The third-order valence-corrected chi connectivity index (χ3v) is 6.49. The lowest BCUT2D eigenvalue weighted by Gasteiger charge is -2.42. The molecule has 0 amide bonds. The minimum absolute atomic E-state index is 0.531. The molecule has 184 valence electrons. The van der Waals surface area contributed by atoms with E-state index < -0.39 is 18.2 Å². The summed E-state index contributed by atoms with van der Waals surface area (Å²) in [7, 11) is -2.71. The third kappa shape index (κ3) is 7.48. The monoisotopic (exact) mass is 459 g/mol. The Labute approximate surface area is 205 Å². The van der Waals surface area contributed by atoms with Gasteiger partial charge in [0.15, 0.2) is 0 Å². The van der Waals surface area contributed by atoms with Crippen LogP contribution in [0.4, 0.5) is 0 Å². The average Bonchev–Trinajstić information content (AvgIpc) is 2.83. The molecule has 2 atom stereocenters. The van der Waals surface area contributed by atoms with Crippen molar-refractivity contribution in [1.29, 1.82) is 0 Å². The maximum absolute atomic E-state index is 11.7. The maximum Gasteiger partial charge on any atom is 0.122 e. The van der Waals surface area contributed by atoms with E-state index >= 15 is 0 Å². The van der Waals surface area contributed by atoms with E-state index in [0.717, 1.165) is 25.7 Å². The molecule has 0 aromatic heterocycles. The zero-order chi connectivity index (χ0) is 26.7. The third-order valence-electron chi connectivity index (χ3n) is 6.49. The Morgan fingerprint density at radius 3 is 1.58 bits per heavy atom. The van der Waals surface area contributed by atoms with Gasteiger partial charge in [-0.15, -0.1) is 0 Å². The van der Waals surface area contributed by atoms with Gasteiger partial charge in [-0.3, -0.25) is 0 Å². The Balaban J connectivity index is 2.20. The smallest absolute Gasteiger partial charge is 0.122 e. The van der Waals surface area contributed by atoms with E-state index in [-0.39, 0.29) is 0 Å². The molecule has 0 saturated heterocycles. The van der Waals surface area contributed by atoms with Crippen LogP contribution in [-0.4, -0.2) is 25.4 Å². The second-order valence-electron chi connectivity index (χ2n) is 9.07. The van der Waals surface area contributed by atoms with Gasteiger partial charge in [0.05, 0.1) is 17.3 Å². The molecule has 2 rings (SSSR count). The van der Waals surface area contributed by atoms with Gasteiger partial charge in [0.2, 0.25) is 0 Å². The van der Waals surface area contributed by atoms with Crippen LogP contribution in [0.15, 0.2) is 48.5 Å². The number of unbranched alkanes of at least 4 members (excludes halogenated alkanes) is 6. The highest BCUT2D eigenvalue weighted by atomic mass is 16.5. The van der Waals surface area contributed by atoms with Crippen LogP contribution < -0.4 is 9.47 Å². The molecule has 1 N–H and O–H groups in total. The summed E-state index contributed by atoms with van der Waals surface area (Å²) in [6, 6.07) is 14.2. The van der Waals surface area contributed by atoms with Gasteiger partial charge in [-0.05, 0) is 62.1 Å². The van der Waals surface area contributed by atoms with Crippen LogP contribution in [0.25, 0.3) is 0 Å². The summed E-state index contributed by atoms with van der Waals surface area (Å²) in [4.78, 5) is 0. The number of hydrogen-bond donors (Lipinski definition) is 1. The lowest BCUT2D eigenvalue weighted by Crippen LogP contribution is -2.46. The average molecular weight is 460 g/mol. The molecule has 33 heavy (non-hydrogen) atoms. The van der Waals surface area contributed by atoms with Crippen LogP contribution in [0.3, 0.4) is 0 Å². The molecule has 0 radical (unpaired) electrons. The molecule has 0 heterocycles. The highest BCUT2D eigenvalue weighted by molar-refractivity contribution is 5.38. The standard InChI is InChI=1S/C29H44O4/c1-6-8-10-12-22-32-26-18-14-24(15-19-26)28(3,30)29(4,31-5)25-16-20-27(21-17-25)33-23-13-11-9-7-2/h14-21,30H,6-13,22-23H2,1-5H3/i5D3. The zero-order valence-electron chi connectivity index (χ0n) is 23.9. The molecule has 0 bridgehead atoms. The van der Waals surface area contributed by atoms with E-state index in [4.69, 9.17) is 18.3 Å². The van der Waals surface area contributed by atoms with Crippen molar-refractivity contribution in [2.45, 2.75) is 90.3 Å². The van der Waals surface area contributed by atoms with Crippen LogP contribution in [0.1, 0.15) is 94.3 Å². The van der Waals surface area contributed by atoms with E-state index in [1.54, 1.807) is 62.4 Å². The van der Waals surface area contributed by atoms with Gasteiger partial charge in [-0.25, -0.2) is 0 Å². The lowest BCUT2D eigenvalue weighted by atomic mass is 9.75. The molecule has 0 aliphatic carbocycles. The first kappa shape index (κ1) is 22.7. The summed E-state index contributed by atoms with van der Waals surface area (Å²) >= 11 is 0. The Hall–Kier alpha value is -2.04. The maximum atomic E-state index is 11.7. The number of hydrogen-bond acceptors (Lipinski definition) is 4. The highest BCUT2D eigenvalue weighted by Crippen LogP contribution is 2.43. The molecule has 2 aromatic rings. The number of rotatable bonds is 16. The van der Waals surface area contributed by atoms with Gasteiger partial charge in [-0.2, -0.15) is 0 Å². The van der Waals surface area contributed by atoms with Gasteiger partial charge in [-0.1, -0.05) is 76.6 Å². The van der Waals surface area contributed by atoms with Crippen LogP contribution >= 0.6 is 0 Å². The first-order chi connectivity index (χ1) is 17.0. The second kappa shape index (κ2) is 13.6. The van der Waals surface area contributed by atoms with Gasteiger partial charge < -0.3 is 19.3 Å². The quantitative estimate of drug-likeness (QED) is 0.266. The molecule has 4 nitrogen and oxygen atoms in total. The molecule has 2 aromatic carbocycles. The molecule has 2 unspecified atom stereocenters. The van der Waals surface area contributed by atoms with Gasteiger partial charge in [0.25, 0.3) is 0 Å². The van der Waals surface area contributed by atoms with Crippen molar-refractivity contribution in [2.75, 3.05) is 20.3 Å². The molecule has 0 saturated carbocycles. The summed E-state index contributed by atoms with van der Waals surface area (Å²) in [6.07, 6.45) is 8.98. The van der Waals surface area contributed by atoms with Crippen molar-refractivity contribution in [3.8, 4) is 11.5 Å². The van der Waals surface area contributed by atoms with Crippen molar-refractivity contribution < 1.29 is 23.4 Å². The highest BCUT2D eigenvalue weighted by Gasteiger charge is 2.46. The number of benzene rings is 2. The van der Waals surface area contributed by atoms with Gasteiger partial charge in [0, 0.05) is 7.04 Å². The summed E-state index contributed by atoms with van der Waals surface area (Å²) in [5.41, 5.74) is -2.13. The van der Waals surface area contributed by atoms with Crippen molar-refractivity contribution >= 4 is 0 Å². The normalized spacial score (nSPS) is 16.7. The van der Waals surface area contributed by atoms with Crippen molar-refractivity contribution in [3.63, 3.8) is 0 Å². The first-order valence-corrected chi connectivity index (χ1v) is 12.4. The Morgan fingerprint density at radius 1 is 0.697 bits per heavy atom. The van der Waals surface area contributed by atoms with E-state index in [2.05, 4.69) is 13.8 Å². The van der Waals surface area contributed by atoms with Crippen LogP contribution in [0.2, 0.25) is 0 Å². The summed E-state index contributed by atoms with van der Waals surface area (Å²) < 4.78 is 40.6. The fraction of sp³-hybridized carbons (Fsp3) is 0.586. The number of aliphatic hydroxyl groups is 1. The van der Waals surface area contributed by atoms with E-state index in [0.29, 0.717) is 35.8 Å². The second-order valence-corrected chi connectivity index (χ2v) is 9.07. The predicted octanol–water partition coefficient (Wildman–Crippen LogP) is 7.37. The van der Waals surface area contributed by atoms with Crippen molar-refractivity contribution in [3.05, 3.63) is 59.7 Å². The van der Waals surface area contributed by atoms with Crippen molar-refractivity contribution in [2.24, 2.45) is 0 Å². The minimum atomic E-state index is -2.71. The van der Waals surface area contributed by atoms with Crippen LogP contribution in [0.5, 0.6) is 11.5 Å². The predicted molar refractivity (Wildman–Crippen MR) is 136 cm³/mol. The first-order valence-electron chi connectivity index (χ1n) is 13.9. The summed E-state index contributed by atoms with van der Waals surface area (Å²) in [5.74, 6) is 1.41. The summed E-state index contributed by atoms with van der Waals surface area (Å²) in [5, 5.41) is 11.7. The van der Waals surface area contributed by atoms with Crippen molar-refractivity contribution in [1.82, 2.24) is 0 Å². The van der Waals surface area contributed by atoms with Crippen LogP contribution in [0, 0.1) is 0 Å². The molecule has 0 aliphatic heterocycles. The lowest BCUT2D eigenvalue weighted by molar-refractivity contribution is -0.163. The number of methoxy groups -OCH3 is 1. The molecule has 0 aliphatic rings. The zero-order valence-corrected chi connectivity index (χ0v) is 20.9. The minimum Gasteiger partial charge on any atom is -0.494 e. The SMILES string of the molecule is [2H]C([2H])([2H])OC(C)(c1ccc(OCCCCCC)cc1)C(C)(O)c1ccc(OCCCCCC)cc1. The molecule has 0 fully saturated rings. The van der Waals surface area contributed by atoms with Gasteiger partial charge >= 0.3 is 0 Å². The molecular weight excluding hydrogens is 412 g/mol. The van der Waals surface area contributed by atoms with Gasteiger partial charge in [0.1, 0.15) is 22.7 Å². The largest absolute Gasteiger partial charge is 0.494 e. The fourth-order valence-electron chi connectivity index (χ4n) is 3.90. The Kier molecular flexibility index (Phi) is 9.38. The number of ether oxygens (including phenoxy) is 3. The van der Waals surface area contributed by atoms with E-state index in [1.165, 1.54) is 25.7 Å². The molecule has 0 spiro atoms. The Bertz CT molecular complexity index is 879. The topological polar surface area (TPSA) is 47.9 Å². The van der Waals surface area contributed by atoms with E-state index in [9.17, 15) is 5.11 Å².